The number of aliphatic hydroxyl groups is 2. The number of rotatable bonds is 17. The van der Waals surface area contributed by atoms with E-state index in [2.05, 4.69) is 0 Å². The average molecular weight is 661 g/mol. The monoisotopic (exact) mass is 660 g/mol. The molecule has 2 aromatic carbocycles. The van der Waals surface area contributed by atoms with Crippen molar-refractivity contribution in [2.45, 2.75) is 105 Å². The number of aliphatic hydroxyl groups excluding tert-OH is 2. The fourth-order valence-electron chi connectivity index (χ4n) is 3.90. The van der Waals surface area contributed by atoms with Crippen LogP contribution < -0.4 is 0 Å². The van der Waals surface area contributed by atoms with E-state index in [-0.39, 0.29) is 67.2 Å². The first kappa shape index (κ1) is 43.2. The maximum atomic E-state index is 12.1. The maximum Gasteiger partial charge on any atom is 0.338 e. The normalized spacial score (nSPS) is 13.5. The van der Waals surface area contributed by atoms with Crippen LogP contribution in [0.15, 0.2) is 60.7 Å². The van der Waals surface area contributed by atoms with E-state index < -0.39 is 0 Å². The average Bonchev–Trinajstić information content (AvgIpc) is 3.12. The highest BCUT2D eigenvalue weighted by Gasteiger charge is 2.22. The van der Waals surface area contributed by atoms with Gasteiger partial charge in [0.1, 0.15) is 12.2 Å². The molecule has 47 heavy (non-hydrogen) atoms. The highest BCUT2D eigenvalue weighted by molar-refractivity contribution is 5.90. The lowest BCUT2D eigenvalue weighted by Crippen LogP contribution is -2.28. The van der Waals surface area contributed by atoms with Crippen LogP contribution in [0.1, 0.15) is 108 Å². The molecule has 0 saturated heterocycles. The number of esters is 4. The molecule has 0 aromatic heterocycles. The first-order valence-electron chi connectivity index (χ1n) is 16.6. The van der Waals surface area contributed by atoms with Gasteiger partial charge in [0.05, 0.1) is 30.4 Å². The van der Waals surface area contributed by atoms with Gasteiger partial charge in [-0.1, -0.05) is 84.9 Å². The quantitative estimate of drug-likeness (QED) is 0.141. The van der Waals surface area contributed by atoms with Crippen molar-refractivity contribution in [2.24, 2.45) is 11.8 Å². The van der Waals surface area contributed by atoms with Gasteiger partial charge < -0.3 is 29.2 Å². The molecule has 10 heteroatoms. The van der Waals surface area contributed by atoms with E-state index in [0.29, 0.717) is 43.4 Å². The Morgan fingerprint density at radius 1 is 0.660 bits per heavy atom. The van der Waals surface area contributed by atoms with Crippen molar-refractivity contribution in [2.75, 3.05) is 19.8 Å². The van der Waals surface area contributed by atoms with E-state index in [1.165, 1.54) is 0 Å². The van der Waals surface area contributed by atoms with Crippen molar-refractivity contribution in [1.82, 2.24) is 0 Å². The highest BCUT2D eigenvalue weighted by Crippen LogP contribution is 2.16. The second-order valence-corrected chi connectivity index (χ2v) is 11.0. The molecule has 0 bridgehead atoms. The highest BCUT2D eigenvalue weighted by atomic mass is 16.6. The fourth-order valence-corrected chi connectivity index (χ4v) is 3.90. The van der Waals surface area contributed by atoms with Crippen LogP contribution in [0.2, 0.25) is 0 Å². The summed E-state index contributed by atoms with van der Waals surface area (Å²) in [5, 5.41) is 17.4. The zero-order valence-electron chi connectivity index (χ0n) is 29.2. The number of hydrogen-bond acceptors (Lipinski definition) is 10. The summed E-state index contributed by atoms with van der Waals surface area (Å²) in [7, 11) is 0. The van der Waals surface area contributed by atoms with Gasteiger partial charge in [0, 0.05) is 37.7 Å². The van der Waals surface area contributed by atoms with Crippen LogP contribution in [0, 0.1) is 11.8 Å². The Labute approximate surface area is 280 Å². The van der Waals surface area contributed by atoms with Crippen LogP contribution >= 0.6 is 0 Å². The predicted molar refractivity (Wildman–Crippen MR) is 181 cm³/mol. The summed E-state index contributed by atoms with van der Waals surface area (Å²) >= 11 is 0. The molecule has 2 N–H and O–H groups in total. The summed E-state index contributed by atoms with van der Waals surface area (Å²) in [5.74, 6) is -1.21. The molecule has 0 spiro atoms. The second kappa shape index (κ2) is 26.3. The molecular weight excluding hydrogens is 604 g/mol. The molecule has 10 nitrogen and oxygen atoms in total. The molecule has 0 heterocycles. The van der Waals surface area contributed by atoms with Gasteiger partial charge >= 0.3 is 23.9 Å². The van der Waals surface area contributed by atoms with Gasteiger partial charge in [0.2, 0.25) is 0 Å². The summed E-state index contributed by atoms with van der Waals surface area (Å²) in [4.78, 5) is 46.0. The van der Waals surface area contributed by atoms with Crippen molar-refractivity contribution in [1.29, 1.82) is 0 Å². The minimum Gasteiger partial charge on any atom is -0.466 e. The molecule has 0 radical (unpaired) electrons. The van der Waals surface area contributed by atoms with E-state index in [1.807, 2.05) is 46.8 Å². The van der Waals surface area contributed by atoms with Gasteiger partial charge in [0.25, 0.3) is 0 Å². The molecule has 0 aliphatic heterocycles. The van der Waals surface area contributed by atoms with Gasteiger partial charge in [-0.3, -0.25) is 9.59 Å². The predicted octanol–water partition coefficient (Wildman–Crippen LogP) is 6.56. The molecular formula is C37H56O10. The van der Waals surface area contributed by atoms with E-state index >= 15 is 0 Å². The number of hydrogen-bond donors (Lipinski definition) is 2. The minimum atomic E-state index is -0.369. The summed E-state index contributed by atoms with van der Waals surface area (Å²) in [6.07, 6.45) is 2.69. The molecule has 0 fully saturated rings. The molecule has 5 atom stereocenters. The third-order valence-corrected chi connectivity index (χ3v) is 7.19. The minimum absolute atomic E-state index is 0.0278. The smallest absolute Gasteiger partial charge is 0.338 e. The lowest BCUT2D eigenvalue weighted by atomic mass is 10.0. The summed E-state index contributed by atoms with van der Waals surface area (Å²) in [6, 6.07) is 17.7. The Balaban J connectivity index is 0.000000784. The molecule has 0 aliphatic carbocycles. The molecule has 2 rings (SSSR count). The Morgan fingerprint density at radius 3 is 1.62 bits per heavy atom. The fraction of sp³-hybridized carbons (Fsp3) is 0.568. The van der Waals surface area contributed by atoms with Gasteiger partial charge in [0.15, 0.2) is 0 Å². The Hall–Kier alpha value is -3.76. The van der Waals surface area contributed by atoms with Crippen molar-refractivity contribution in [3.63, 3.8) is 0 Å². The van der Waals surface area contributed by atoms with Gasteiger partial charge in [-0.2, -0.15) is 0 Å². The van der Waals surface area contributed by atoms with Crippen molar-refractivity contribution >= 4 is 23.9 Å². The van der Waals surface area contributed by atoms with Crippen LogP contribution in [0.25, 0.3) is 0 Å². The number of carbonyl (C=O) groups is 4. The lowest BCUT2D eigenvalue weighted by Gasteiger charge is -2.22. The standard InChI is InChI=1S/C20H22O4.C11H20O4.C6H14O2/c1-3-18(24-20(22)17-12-8-5-9-13-17)15(2)14-23-19(21)16-10-6-4-7-11-16;1-4-9(15-11(13)6-3)7-8-14-10(12)5-2;1-3-6(8)5(2)4-7/h4-13,15,18H,3,14H2,1-2H3;9H,4-8H2,1-3H3;5-8H,3-4H2,1-2H3. The Kier molecular flexibility index (Phi) is 24.2. The third kappa shape index (κ3) is 19.5. The van der Waals surface area contributed by atoms with E-state index in [9.17, 15) is 19.2 Å². The summed E-state index contributed by atoms with van der Waals surface area (Å²) in [6.45, 7) is 13.6. The van der Waals surface area contributed by atoms with Gasteiger partial charge in [-0.15, -0.1) is 0 Å². The Morgan fingerprint density at radius 2 is 1.19 bits per heavy atom. The van der Waals surface area contributed by atoms with Crippen LogP contribution in [0.4, 0.5) is 0 Å². The molecule has 2 aromatic rings. The molecule has 264 valence electrons. The van der Waals surface area contributed by atoms with Crippen LogP contribution in [0.3, 0.4) is 0 Å². The van der Waals surface area contributed by atoms with Crippen molar-refractivity contribution < 1.29 is 48.3 Å². The topological polar surface area (TPSA) is 146 Å². The second-order valence-electron chi connectivity index (χ2n) is 11.0. The van der Waals surface area contributed by atoms with Crippen LogP contribution in [0.5, 0.6) is 0 Å². The van der Waals surface area contributed by atoms with E-state index in [0.717, 1.165) is 12.8 Å². The molecule has 0 saturated carbocycles. The van der Waals surface area contributed by atoms with Crippen LogP contribution in [-0.4, -0.2) is 72.2 Å². The number of carbonyl (C=O) groups excluding carboxylic acids is 4. The molecule has 0 aliphatic rings. The SMILES string of the molecule is CCC(=O)OCCC(CC)OC(=O)CC.CCC(O)C(C)CO.CCC(OC(=O)c1ccccc1)C(C)COC(=O)c1ccccc1. The zero-order chi connectivity index (χ0) is 35.6. The summed E-state index contributed by atoms with van der Waals surface area (Å²) in [5.41, 5.74) is 1.03. The maximum absolute atomic E-state index is 12.1. The Bertz CT molecular complexity index is 1110. The largest absolute Gasteiger partial charge is 0.466 e. The third-order valence-electron chi connectivity index (χ3n) is 7.19. The number of benzene rings is 2. The summed E-state index contributed by atoms with van der Waals surface area (Å²) < 4.78 is 20.9. The lowest BCUT2D eigenvalue weighted by molar-refractivity contribution is -0.151. The van der Waals surface area contributed by atoms with Gasteiger partial charge in [-0.05, 0) is 43.5 Å². The molecule has 0 amide bonds. The van der Waals surface area contributed by atoms with E-state index in [4.69, 9.17) is 29.2 Å². The molecule has 5 unspecified atom stereocenters. The first-order chi connectivity index (χ1) is 22.5. The first-order valence-corrected chi connectivity index (χ1v) is 16.6. The van der Waals surface area contributed by atoms with E-state index in [1.54, 1.807) is 62.4 Å². The van der Waals surface area contributed by atoms with Crippen molar-refractivity contribution in [3.05, 3.63) is 71.8 Å². The van der Waals surface area contributed by atoms with Crippen molar-refractivity contribution in [3.8, 4) is 0 Å². The number of ether oxygens (including phenoxy) is 4. The van der Waals surface area contributed by atoms with Gasteiger partial charge in [-0.25, -0.2) is 9.59 Å². The zero-order valence-corrected chi connectivity index (χ0v) is 29.2. The van der Waals surface area contributed by atoms with Crippen LogP contribution in [-0.2, 0) is 28.5 Å².